The molecule has 1 unspecified atom stereocenters. The predicted octanol–water partition coefficient (Wildman–Crippen LogP) is 2.47. The van der Waals surface area contributed by atoms with E-state index in [-0.39, 0.29) is 6.10 Å². The molecule has 0 saturated carbocycles. The Hall–Kier alpha value is -1.03. The van der Waals surface area contributed by atoms with E-state index in [0.29, 0.717) is 17.8 Å². The van der Waals surface area contributed by atoms with E-state index in [1.807, 2.05) is 19.9 Å². The maximum absolute atomic E-state index is 5.96. The predicted molar refractivity (Wildman–Crippen MR) is 68.9 cm³/mol. The van der Waals surface area contributed by atoms with Crippen LogP contribution in [0.1, 0.15) is 26.7 Å². The summed E-state index contributed by atoms with van der Waals surface area (Å²) in [5, 5.41) is 0. The standard InChI is InChI=1S/C12H18ClN3O/c1-9(2)17-12-6-11(14-8-15-12)16-5-3-4-10(16)7-13/h6,8-10H,3-5,7H2,1-2H3. The lowest BCUT2D eigenvalue weighted by molar-refractivity contribution is 0.232. The molecule has 0 aromatic carbocycles. The van der Waals surface area contributed by atoms with E-state index < -0.39 is 0 Å². The number of nitrogens with zero attached hydrogens (tertiary/aromatic N) is 3. The summed E-state index contributed by atoms with van der Waals surface area (Å²) in [5.74, 6) is 2.19. The molecule has 0 aliphatic carbocycles. The number of halogens is 1. The Morgan fingerprint density at radius 3 is 3.06 bits per heavy atom. The summed E-state index contributed by atoms with van der Waals surface area (Å²) in [6.07, 6.45) is 3.98. The number of aromatic nitrogens is 2. The summed E-state index contributed by atoms with van der Waals surface area (Å²) in [6.45, 7) is 4.98. The van der Waals surface area contributed by atoms with Crippen LogP contribution in [-0.4, -0.2) is 34.5 Å². The van der Waals surface area contributed by atoms with Gasteiger partial charge in [-0.25, -0.2) is 9.97 Å². The lowest BCUT2D eigenvalue weighted by Gasteiger charge is -2.24. The summed E-state index contributed by atoms with van der Waals surface area (Å²) in [7, 11) is 0. The zero-order chi connectivity index (χ0) is 12.3. The van der Waals surface area contributed by atoms with Gasteiger partial charge in [0.25, 0.3) is 0 Å². The number of hydrogen-bond acceptors (Lipinski definition) is 4. The second-order valence-corrected chi connectivity index (χ2v) is 4.83. The van der Waals surface area contributed by atoms with Crippen LogP contribution < -0.4 is 9.64 Å². The molecule has 2 heterocycles. The largest absolute Gasteiger partial charge is 0.475 e. The zero-order valence-corrected chi connectivity index (χ0v) is 11.0. The van der Waals surface area contributed by atoms with E-state index in [1.54, 1.807) is 6.33 Å². The van der Waals surface area contributed by atoms with Crippen molar-refractivity contribution < 1.29 is 4.74 Å². The number of ether oxygens (including phenoxy) is 1. The van der Waals surface area contributed by atoms with Crippen LogP contribution in [0.5, 0.6) is 5.88 Å². The van der Waals surface area contributed by atoms with Crippen LogP contribution in [0, 0.1) is 0 Å². The Morgan fingerprint density at radius 1 is 1.53 bits per heavy atom. The lowest BCUT2D eigenvalue weighted by Crippen LogP contribution is -2.31. The van der Waals surface area contributed by atoms with Crippen molar-refractivity contribution in [1.82, 2.24) is 9.97 Å². The molecule has 0 radical (unpaired) electrons. The summed E-state index contributed by atoms with van der Waals surface area (Å²) in [4.78, 5) is 10.6. The molecule has 1 saturated heterocycles. The van der Waals surface area contributed by atoms with Crippen molar-refractivity contribution in [3.63, 3.8) is 0 Å². The molecule has 1 aliphatic heterocycles. The van der Waals surface area contributed by atoms with Crippen molar-refractivity contribution in [3.05, 3.63) is 12.4 Å². The molecular formula is C12H18ClN3O. The molecular weight excluding hydrogens is 238 g/mol. The summed E-state index contributed by atoms with van der Waals surface area (Å²) >= 11 is 5.96. The Kier molecular flexibility index (Phi) is 4.05. The average Bonchev–Trinajstić information content (AvgIpc) is 2.76. The summed E-state index contributed by atoms with van der Waals surface area (Å²) in [5.41, 5.74) is 0. The Balaban J connectivity index is 2.15. The number of anilines is 1. The van der Waals surface area contributed by atoms with Crippen LogP contribution in [0.25, 0.3) is 0 Å². The van der Waals surface area contributed by atoms with Crippen molar-refractivity contribution in [2.45, 2.75) is 38.8 Å². The molecule has 1 atom stereocenters. The molecule has 2 rings (SSSR count). The van der Waals surface area contributed by atoms with E-state index >= 15 is 0 Å². The van der Waals surface area contributed by atoms with Gasteiger partial charge in [-0.05, 0) is 26.7 Å². The fourth-order valence-electron chi connectivity index (χ4n) is 2.09. The molecule has 1 aromatic heterocycles. The van der Waals surface area contributed by atoms with Gasteiger partial charge < -0.3 is 9.64 Å². The first-order chi connectivity index (χ1) is 8.20. The molecule has 5 heteroatoms. The van der Waals surface area contributed by atoms with Gasteiger partial charge in [0.15, 0.2) is 0 Å². The number of alkyl halides is 1. The van der Waals surface area contributed by atoms with E-state index in [0.717, 1.165) is 18.8 Å². The first-order valence-corrected chi connectivity index (χ1v) is 6.55. The molecule has 0 bridgehead atoms. The minimum Gasteiger partial charge on any atom is -0.475 e. The van der Waals surface area contributed by atoms with Gasteiger partial charge in [0, 0.05) is 24.5 Å². The average molecular weight is 256 g/mol. The van der Waals surface area contributed by atoms with Crippen molar-refractivity contribution in [2.24, 2.45) is 0 Å². The highest BCUT2D eigenvalue weighted by Crippen LogP contribution is 2.26. The van der Waals surface area contributed by atoms with Crippen LogP contribution in [0.2, 0.25) is 0 Å². The highest BCUT2D eigenvalue weighted by molar-refractivity contribution is 6.18. The minimum atomic E-state index is 0.125. The Bertz CT molecular complexity index is 373. The maximum Gasteiger partial charge on any atom is 0.218 e. The third-order valence-corrected chi connectivity index (χ3v) is 3.19. The topological polar surface area (TPSA) is 38.2 Å². The zero-order valence-electron chi connectivity index (χ0n) is 10.3. The molecule has 1 aliphatic rings. The first-order valence-electron chi connectivity index (χ1n) is 6.02. The fraction of sp³-hybridized carbons (Fsp3) is 0.667. The van der Waals surface area contributed by atoms with E-state index in [4.69, 9.17) is 16.3 Å². The van der Waals surface area contributed by atoms with Gasteiger partial charge in [0.05, 0.1) is 6.10 Å². The fourth-order valence-corrected chi connectivity index (χ4v) is 2.41. The van der Waals surface area contributed by atoms with Crippen LogP contribution in [0.15, 0.2) is 12.4 Å². The van der Waals surface area contributed by atoms with E-state index in [2.05, 4.69) is 14.9 Å². The van der Waals surface area contributed by atoms with E-state index in [1.165, 1.54) is 6.42 Å². The Morgan fingerprint density at radius 2 is 2.35 bits per heavy atom. The summed E-state index contributed by atoms with van der Waals surface area (Å²) in [6, 6.07) is 2.28. The SMILES string of the molecule is CC(C)Oc1cc(N2CCCC2CCl)ncn1. The minimum absolute atomic E-state index is 0.125. The summed E-state index contributed by atoms with van der Waals surface area (Å²) < 4.78 is 5.57. The van der Waals surface area contributed by atoms with Gasteiger partial charge in [-0.15, -0.1) is 11.6 Å². The second kappa shape index (κ2) is 5.54. The third-order valence-electron chi connectivity index (χ3n) is 2.83. The van der Waals surface area contributed by atoms with Gasteiger partial charge in [-0.3, -0.25) is 0 Å². The van der Waals surface area contributed by atoms with Crippen LogP contribution in [0.3, 0.4) is 0 Å². The molecule has 0 spiro atoms. The molecule has 1 aromatic rings. The van der Waals surface area contributed by atoms with Gasteiger partial charge in [0.2, 0.25) is 5.88 Å². The number of hydrogen-bond donors (Lipinski definition) is 0. The molecule has 17 heavy (non-hydrogen) atoms. The van der Waals surface area contributed by atoms with E-state index in [9.17, 15) is 0 Å². The van der Waals surface area contributed by atoms with Crippen molar-refractivity contribution in [3.8, 4) is 5.88 Å². The molecule has 0 N–H and O–H groups in total. The lowest BCUT2D eigenvalue weighted by atomic mass is 10.2. The molecule has 94 valence electrons. The van der Waals surface area contributed by atoms with Crippen LogP contribution in [-0.2, 0) is 0 Å². The Labute approximate surface area is 107 Å². The van der Waals surface area contributed by atoms with Gasteiger partial charge in [-0.1, -0.05) is 0 Å². The third kappa shape index (κ3) is 3.00. The van der Waals surface area contributed by atoms with Gasteiger partial charge in [0.1, 0.15) is 12.1 Å². The highest BCUT2D eigenvalue weighted by atomic mass is 35.5. The first kappa shape index (κ1) is 12.4. The monoisotopic (exact) mass is 255 g/mol. The highest BCUT2D eigenvalue weighted by Gasteiger charge is 2.25. The normalized spacial score (nSPS) is 20.0. The van der Waals surface area contributed by atoms with Crippen molar-refractivity contribution in [2.75, 3.05) is 17.3 Å². The van der Waals surface area contributed by atoms with Crippen LogP contribution in [0.4, 0.5) is 5.82 Å². The van der Waals surface area contributed by atoms with Crippen LogP contribution >= 0.6 is 11.6 Å². The van der Waals surface area contributed by atoms with Gasteiger partial charge in [-0.2, -0.15) is 0 Å². The van der Waals surface area contributed by atoms with Crippen molar-refractivity contribution >= 4 is 17.4 Å². The molecule has 1 fully saturated rings. The number of rotatable bonds is 4. The smallest absolute Gasteiger partial charge is 0.218 e. The quantitative estimate of drug-likeness (QED) is 0.775. The molecule has 0 amide bonds. The second-order valence-electron chi connectivity index (χ2n) is 4.52. The van der Waals surface area contributed by atoms with Crippen molar-refractivity contribution in [1.29, 1.82) is 0 Å². The van der Waals surface area contributed by atoms with Gasteiger partial charge >= 0.3 is 0 Å². The molecule has 4 nitrogen and oxygen atoms in total. The maximum atomic E-state index is 5.96.